The van der Waals surface area contributed by atoms with Gasteiger partial charge in [0.05, 0.1) is 11.8 Å². The van der Waals surface area contributed by atoms with Crippen LogP contribution in [0.5, 0.6) is 0 Å². The monoisotopic (exact) mass is 215 g/mol. The Labute approximate surface area is 93.9 Å². The maximum absolute atomic E-state index is 12.1. The highest BCUT2D eigenvalue weighted by Gasteiger charge is 2.13. The summed E-state index contributed by atoms with van der Waals surface area (Å²) in [6.45, 7) is 4.63. The lowest BCUT2D eigenvalue weighted by molar-refractivity contribution is 0.103. The smallest absolute Gasteiger partial charge is 0.196 e. The molecule has 2 heterocycles. The molecule has 0 aromatic carbocycles. The minimum absolute atomic E-state index is 0.000370. The van der Waals surface area contributed by atoms with Crippen molar-refractivity contribution in [1.29, 1.82) is 0 Å². The summed E-state index contributed by atoms with van der Waals surface area (Å²) in [4.78, 5) is 16.1. The second kappa shape index (κ2) is 4.26. The number of aryl methyl sites for hydroxylation is 2. The van der Waals surface area contributed by atoms with Crippen LogP contribution in [0.1, 0.15) is 28.4 Å². The third-order valence-electron chi connectivity index (χ3n) is 2.48. The molecule has 0 aliphatic rings. The van der Waals surface area contributed by atoms with Crippen LogP contribution in [0.2, 0.25) is 0 Å². The molecular weight excluding hydrogens is 202 g/mol. The SMILES string of the molecule is CCn1cc(C(=O)c2ccncc2C)cn1. The number of nitrogens with zero attached hydrogens (tertiary/aromatic N) is 3. The Bertz CT molecular complexity index is 516. The van der Waals surface area contributed by atoms with Crippen LogP contribution in [-0.4, -0.2) is 20.5 Å². The summed E-state index contributed by atoms with van der Waals surface area (Å²) in [5, 5.41) is 4.09. The molecule has 4 heteroatoms. The Balaban J connectivity index is 2.35. The summed E-state index contributed by atoms with van der Waals surface area (Å²) < 4.78 is 1.74. The minimum atomic E-state index is -0.000370. The molecule has 0 atom stereocenters. The first-order chi connectivity index (χ1) is 7.72. The van der Waals surface area contributed by atoms with Crippen LogP contribution >= 0.6 is 0 Å². The molecule has 0 unspecified atom stereocenters. The fraction of sp³-hybridized carbons (Fsp3) is 0.250. The molecule has 0 fully saturated rings. The highest BCUT2D eigenvalue weighted by Crippen LogP contribution is 2.12. The number of pyridine rings is 1. The molecule has 0 amide bonds. The maximum atomic E-state index is 12.1. The van der Waals surface area contributed by atoms with E-state index in [9.17, 15) is 4.79 Å². The Morgan fingerprint density at radius 1 is 1.44 bits per heavy atom. The van der Waals surface area contributed by atoms with Gasteiger partial charge in [0.1, 0.15) is 0 Å². The van der Waals surface area contributed by atoms with Gasteiger partial charge < -0.3 is 0 Å². The number of ketones is 1. The maximum Gasteiger partial charge on any atom is 0.196 e. The summed E-state index contributed by atoms with van der Waals surface area (Å²) in [6.07, 6.45) is 6.69. The van der Waals surface area contributed by atoms with E-state index in [1.807, 2.05) is 13.8 Å². The predicted molar refractivity (Wildman–Crippen MR) is 60.3 cm³/mol. The number of hydrogen-bond donors (Lipinski definition) is 0. The van der Waals surface area contributed by atoms with Crippen LogP contribution < -0.4 is 0 Å². The van der Waals surface area contributed by atoms with E-state index in [0.717, 1.165) is 12.1 Å². The lowest BCUT2D eigenvalue weighted by atomic mass is 10.0. The predicted octanol–water partition coefficient (Wildman–Crippen LogP) is 1.84. The van der Waals surface area contributed by atoms with Crippen molar-refractivity contribution in [3.8, 4) is 0 Å². The molecule has 0 spiro atoms. The summed E-state index contributed by atoms with van der Waals surface area (Å²) >= 11 is 0. The van der Waals surface area contributed by atoms with Gasteiger partial charge in [-0.05, 0) is 25.5 Å². The van der Waals surface area contributed by atoms with Crippen molar-refractivity contribution < 1.29 is 4.79 Å². The average molecular weight is 215 g/mol. The molecule has 2 rings (SSSR count). The number of hydrogen-bond acceptors (Lipinski definition) is 3. The third kappa shape index (κ3) is 1.86. The summed E-state index contributed by atoms with van der Waals surface area (Å²) in [5.41, 5.74) is 2.19. The van der Waals surface area contributed by atoms with Gasteiger partial charge in [0.25, 0.3) is 0 Å². The van der Waals surface area contributed by atoms with Gasteiger partial charge >= 0.3 is 0 Å². The molecule has 0 saturated carbocycles. The Hall–Kier alpha value is -1.97. The molecule has 0 aliphatic heterocycles. The fourth-order valence-corrected chi connectivity index (χ4v) is 1.54. The number of carbonyl (C=O) groups excluding carboxylic acids is 1. The van der Waals surface area contributed by atoms with E-state index in [-0.39, 0.29) is 5.78 Å². The molecule has 0 saturated heterocycles. The van der Waals surface area contributed by atoms with E-state index in [1.54, 1.807) is 35.5 Å². The van der Waals surface area contributed by atoms with Crippen molar-refractivity contribution in [2.45, 2.75) is 20.4 Å². The van der Waals surface area contributed by atoms with Gasteiger partial charge in [0.2, 0.25) is 0 Å². The standard InChI is InChI=1S/C12H13N3O/c1-3-15-8-10(7-14-15)12(16)11-4-5-13-6-9(11)2/h4-8H,3H2,1-2H3. The van der Waals surface area contributed by atoms with Crippen LogP contribution in [0, 0.1) is 6.92 Å². The van der Waals surface area contributed by atoms with Crippen molar-refractivity contribution in [3.63, 3.8) is 0 Å². The molecule has 0 N–H and O–H groups in total. The zero-order valence-corrected chi connectivity index (χ0v) is 9.34. The molecule has 2 aromatic heterocycles. The van der Waals surface area contributed by atoms with Gasteiger partial charge in [0, 0.05) is 30.7 Å². The van der Waals surface area contributed by atoms with E-state index in [4.69, 9.17) is 0 Å². The second-order valence-electron chi connectivity index (χ2n) is 3.60. The normalized spacial score (nSPS) is 10.4. The number of carbonyl (C=O) groups is 1. The first kappa shape index (κ1) is 10.5. The highest BCUT2D eigenvalue weighted by molar-refractivity contribution is 6.09. The van der Waals surface area contributed by atoms with Crippen LogP contribution in [0.4, 0.5) is 0 Å². The Morgan fingerprint density at radius 2 is 2.25 bits per heavy atom. The first-order valence-corrected chi connectivity index (χ1v) is 5.20. The zero-order chi connectivity index (χ0) is 11.5. The van der Waals surface area contributed by atoms with Crippen molar-refractivity contribution in [3.05, 3.63) is 47.5 Å². The highest BCUT2D eigenvalue weighted by atomic mass is 16.1. The van der Waals surface area contributed by atoms with Crippen LogP contribution in [0.3, 0.4) is 0 Å². The van der Waals surface area contributed by atoms with Crippen molar-refractivity contribution in [2.75, 3.05) is 0 Å². The average Bonchev–Trinajstić information content (AvgIpc) is 2.77. The van der Waals surface area contributed by atoms with Crippen molar-refractivity contribution in [1.82, 2.24) is 14.8 Å². The lowest BCUT2D eigenvalue weighted by Crippen LogP contribution is -2.03. The van der Waals surface area contributed by atoms with Gasteiger partial charge in [-0.3, -0.25) is 14.5 Å². The second-order valence-corrected chi connectivity index (χ2v) is 3.60. The molecule has 2 aromatic rings. The van der Waals surface area contributed by atoms with E-state index < -0.39 is 0 Å². The Kier molecular flexibility index (Phi) is 2.81. The van der Waals surface area contributed by atoms with E-state index >= 15 is 0 Å². The molecule has 0 radical (unpaired) electrons. The summed E-state index contributed by atoms with van der Waals surface area (Å²) in [7, 11) is 0. The quantitative estimate of drug-likeness (QED) is 0.734. The van der Waals surface area contributed by atoms with Gasteiger partial charge in [-0.25, -0.2) is 0 Å². The Morgan fingerprint density at radius 3 is 2.88 bits per heavy atom. The lowest BCUT2D eigenvalue weighted by Gasteiger charge is -2.01. The van der Waals surface area contributed by atoms with Crippen LogP contribution in [0.15, 0.2) is 30.9 Å². The molecule has 4 nitrogen and oxygen atoms in total. The van der Waals surface area contributed by atoms with Crippen LogP contribution in [-0.2, 0) is 6.54 Å². The summed E-state index contributed by atoms with van der Waals surface area (Å²) in [5.74, 6) is -0.000370. The van der Waals surface area contributed by atoms with Gasteiger partial charge in [-0.15, -0.1) is 0 Å². The van der Waals surface area contributed by atoms with E-state index in [0.29, 0.717) is 11.1 Å². The number of aromatic nitrogens is 3. The van der Waals surface area contributed by atoms with E-state index in [1.165, 1.54) is 0 Å². The molecule has 0 bridgehead atoms. The van der Waals surface area contributed by atoms with Crippen molar-refractivity contribution >= 4 is 5.78 Å². The molecule has 16 heavy (non-hydrogen) atoms. The minimum Gasteiger partial charge on any atom is -0.288 e. The van der Waals surface area contributed by atoms with Gasteiger partial charge in [-0.2, -0.15) is 5.10 Å². The third-order valence-corrected chi connectivity index (χ3v) is 2.48. The van der Waals surface area contributed by atoms with Crippen molar-refractivity contribution in [2.24, 2.45) is 0 Å². The largest absolute Gasteiger partial charge is 0.288 e. The van der Waals surface area contributed by atoms with Crippen LogP contribution in [0.25, 0.3) is 0 Å². The fourth-order valence-electron chi connectivity index (χ4n) is 1.54. The van der Waals surface area contributed by atoms with E-state index in [2.05, 4.69) is 10.1 Å². The number of rotatable bonds is 3. The molecule has 82 valence electrons. The van der Waals surface area contributed by atoms with Gasteiger partial charge in [0.15, 0.2) is 5.78 Å². The van der Waals surface area contributed by atoms with Gasteiger partial charge in [-0.1, -0.05) is 0 Å². The topological polar surface area (TPSA) is 47.8 Å². The summed E-state index contributed by atoms with van der Waals surface area (Å²) in [6, 6.07) is 1.74. The first-order valence-electron chi connectivity index (χ1n) is 5.20. The molecule has 0 aliphatic carbocycles. The zero-order valence-electron chi connectivity index (χ0n) is 9.34. The molecular formula is C12H13N3O.